The van der Waals surface area contributed by atoms with Crippen LogP contribution in [-0.2, 0) is 14.3 Å². The minimum atomic E-state index is -1.15. The number of benzene rings is 3. The highest BCUT2D eigenvalue weighted by Gasteiger charge is 2.41. The lowest BCUT2D eigenvalue weighted by Gasteiger charge is -2.46. The molecule has 1 heterocycles. The van der Waals surface area contributed by atoms with Crippen LogP contribution in [0.1, 0.15) is 18.7 Å². The van der Waals surface area contributed by atoms with Crippen molar-refractivity contribution in [2.45, 2.75) is 13.1 Å². The molecule has 0 aliphatic carbocycles. The van der Waals surface area contributed by atoms with E-state index in [1.165, 1.54) is 0 Å². The summed E-state index contributed by atoms with van der Waals surface area (Å²) in [5.74, 6) is -1.80. The van der Waals surface area contributed by atoms with Gasteiger partial charge in [-0.3, -0.25) is 0 Å². The molecule has 3 aromatic carbocycles. The van der Waals surface area contributed by atoms with Gasteiger partial charge in [0.15, 0.2) is 0 Å². The summed E-state index contributed by atoms with van der Waals surface area (Å²) in [6.45, 7) is 1.91. The molecule has 162 valence electrons. The van der Waals surface area contributed by atoms with Crippen molar-refractivity contribution in [1.82, 2.24) is 0 Å². The van der Waals surface area contributed by atoms with E-state index >= 15 is 0 Å². The van der Waals surface area contributed by atoms with E-state index in [-0.39, 0.29) is 24.4 Å². The van der Waals surface area contributed by atoms with Gasteiger partial charge in [-0.15, -0.1) is 0 Å². The molecule has 3 aromatic rings. The molecule has 1 atom stereocenters. The van der Waals surface area contributed by atoms with Gasteiger partial charge >= 0.3 is 11.9 Å². The Hall–Kier alpha value is -4.06. The third-order valence-corrected chi connectivity index (χ3v) is 5.34. The molecular formula is C26H24N2O4. The average molecular weight is 428 g/mol. The number of aliphatic carboxylic acids is 1. The predicted molar refractivity (Wildman–Crippen MR) is 123 cm³/mol. The highest BCUT2D eigenvalue weighted by Crippen LogP contribution is 2.41. The number of carboxylic acids is 1. The first kappa shape index (κ1) is 21.2. The highest BCUT2D eigenvalue weighted by atomic mass is 16.5. The Morgan fingerprint density at radius 2 is 1.41 bits per heavy atom. The van der Waals surface area contributed by atoms with Crippen LogP contribution in [0.4, 0.5) is 11.4 Å². The molecule has 0 bridgehead atoms. The fourth-order valence-electron chi connectivity index (χ4n) is 3.99. The minimum absolute atomic E-state index is 0.0108. The summed E-state index contributed by atoms with van der Waals surface area (Å²) in [4.78, 5) is 29.2. The first-order valence-corrected chi connectivity index (χ1v) is 10.5. The van der Waals surface area contributed by atoms with Crippen molar-refractivity contribution >= 4 is 23.3 Å². The maximum absolute atomic E-state index is 13.1. The number of anilines is 2. The third kappa shape index (κ3) is 4.07. The van der Waals surface area contributed by atoms with E-state index in [9.17, 15) is 14.7 Å². The monoisotopic (exact) mass is 428 g/mol. The van der Waals surface area contributed by atoms with Gasteiger partial charge in [0.25, 0.3) is 0 Å². The molecule has 1 aliphatic heterocycles. The molecule has 0 radical (unpaired) electrons. The van der Waals surface area contributed by atoms with Gasteiger partial charge in [0.1, 0.15) is 11.9 Å². The summed E-state index contributed by atoms with van der Waals surface area (Å²) in [5, 5.41) is 10.1. The second-order valence-corrected chi connectivity index (χ2v) is 7.31. The number of nitrogens with zero attached hydrogens (tertiary/aromatic N) is 2. The van der Waals surface area contributed by atoms with Gasteiger partial charge in [-0.25, -0.2) is 9.59 Å². The summed E-state index contributed by atoms with van der Waals surface area (Å²) in [6, 6.07) is 28.7. The zero-order chi connectivity index (χ0) is 22.5. The van der Waals surface area contributed by atoms with Crippen LogP contribution in [0.15, 0.2) is 102 Å². The molecule has 0 aromatic heterocycles. The number of carboxylic acid groups (broad SMARTS) is 1. The van der Waals surface area contributed by atoms with E-state index in [0.29, 0.717) is 5.69 Å². The largest absolute Gasteiger partial charge is 0.478 e. The molecule has 1 unspecified atom stereocenters. The van der Waals surface area contributed by atoms with Gasteiger partial charge in [-0.1, -0.05) is 66.7 Å². The van der Waals surface area contributed by atoms with E-state index in [1.807, 2.05) is 95.9 Å². The van der Waals surface area contributed by atoms with Crippen LogP contribution in [0.25, 0.3) is 0 Å². The number of carbonyl (C=O) groups is 2. The van der Waals surface area contributed by atoms with Crippen LogP contribution in [0.2, 0.25) is 0 Å². The molecule has 1 N–H and O–H groups in total. The molecule has 0 saturated carbocycles. The molecule has 6 nitrogen and oxygen atoms in total. The number of para-hydroxylation sites is 2. The number of hydrogen-bond donors (Lipinski definition) is 1. The van der Waals surface area contributed by atoms with Crippen molar-refractivity contribution in [3.8, 4) is 0 Å². The van der Waals surface area contributed by atoms with Gasteiger partial charge in [-0.05, 0) is 36.8 Å². The summed E-state index contributed by atoms with van der Waals surface area (Å²) in [5.41, 5.74) is 2.51. The van der Waals surface area contributed by atoms with Crippen molar-refractivity contribution in [1.29, 1.82) is 0 Å². The molecule has 1 aliphatic rings. The number of carbonyl (C=O) groups excluding carboxylic acids is 1. The number of rotatable bonds is 6. The topological polar surface area (TPSA) is 70.1 Å². The SMILES string of the molecule is CCOC(=O)C1=C(C(=O)O)CN(c2ccccc2)C(c2ccccc2)N1c1ccccc1. The lowest BCUT2D eigenvalue weighted by Crippen LogP contribution is -2.50. The standard InChI is InChI=1S/C26H24N2O4/c1-2-32-26(31)23-22(25(29)30)18-27(20-14-8-4-9-15-20)24(19-12-6-3-7-13-19)28(23)21-16-10-5-11-17-21/h3-17,24H,2,18H2,1H3,(H,29,30). The summed E-state index contributed by atoms with van der Waals surface area (Å²) in [7, 11) is 0. The summed E-state index contributed by atoms with van der Waals surface area (Å²) in [6.07, 6.45) is -0.455. The highest BCUT2D eigenvalue weighted by molar-refractivity contribution is 6.04. The van der Waals surface area contributed by atoms with Gasteiger partial charge in [0, 0.05) is 11.4 Å². The molecule has 32 heavy (non-hydrogen) atoms. The molecule has 6 heteroatoms. The van der Waals surface area contributed by atoms with E-state index in [4.69, 9.17) is 4.74 Å². The number of ether oxygens (including phenoxy) is 1. The van der Waals surface area contributed by atoms with Crippen molar-refractivity contribution in [3.63, 3.8) is 0 Å². The van der Waals surface area contributed by atoms with Crippen molar-refractivity contribution < 1.29 is 19.4 Å². The van der Waals surface area contributed by atoms with Gasteiger partial charge in [0.2, 0.25) is 0 Å². The molecular weight excluding hydrogens is 404 g/mol. The second-order valence-electron chi connectivity index (χ2n) is 7.31. The molecule has 4 rings (SSSR count). The first-order chi connectivity index (χ1) is 15.6. The minimum Gasteiger partial charge on any atom is -0.478 e. The lowest BCUT2D eigenvalue weighted by atomic mass is 9.99. The van der Waals surface area contributed by atoms with Gasteiger partial charge in [0.05, 0.1) is 18.7 Å². The Bertz CT molecular complexity index is 1110. The lowest BCUT2D eigenvalue weighted by molar-refractivity contribution is -0.140. The zero-order valence-electron chi connectivity index (χ0n) is 17.7. The van der Waals surface area contributed by atoms with E-state index < -0.39 is 18.1 Å². The normalized spacial score (nSPS) is 16.1. The van der Waals surface area contributed by atoms with Crippen LogP contribution in [-0.4, -0.2) is 30.2 Å². The van der Waals surface area contributed by atoms with E-state index in [0.717, 1.165) is 11.3 Å². The Morgan fingerprint density at radius 3 is 1.94 bits per heavy atom. The number of esters is 1. The van der Waals surface area contributed by atoms with Gasteiger partial charge < -0.3 is 19.6 Å². The number of hydrogen-bond acceptors (Lipinski definition) is 5. The Labute approximate surface area is 187 Å². The van der Waals surface area contributed by atoms with E-state index in [2.05, 4.69) is 0 Å². The van der Waals surface area contributed by atoms with Crippen LogP contribution >= 0.6 is 0 Å². The Kier molecular flexibility index (Phi) is 6.22. The quantitative estimate of drug-likeness (QED) is 0.578. The fraction of sp³-hybridized carbons (Fsp3) is 0.154. The zero-order valence-corrected chi connectivity index (χ0v) is 17.7. The average Bonchev–Trinajstić information content (AvgIpc) is 2.84. The molecule has 0 amide bonds. The predicted octanol–water partition coefficient (Wildman–Crippen LogP) is 4.61. The molecule has 0 saturated heterocycles. The summed E-state index contributed by atoms with van der Waals surface area (Å²) < 4.78 is 5.32. The van der Waals surface area contributed by atoms with Crippen LogP contribution < -0.4 is 9.80 Å². The smallest absolute Gasteiger partial charge is 0.355 e. The fourth-order valence-corrected chi connectivity index (χ4v) is 3.99. The second kappa shape index (κ2) is 9.39. The van der Waals surface area contributed by atoms with Crippen molar-refractivity contribution in [2.24, 2.45) is 0 Å². The summed E-state index contributed by atoms with van der Waals surface area (Å²) >= 11 is 0. The molecule has 0 fully saturated rings. The molecule has 0 spiro atoms. The van der Waals surface area contributed by atoms with E-state index in [1.54, 1.807) is 11.8 Å². The third-order valence-electron chi connectivity index (χ3n) is 5.34. The Balaban J connectivity index is 2.01. The van der Waals surface area contributed by atoms with Crippen LogP contribution in [0, 0.1) is 0 Å². The maximum Gasteiger partial charge on any atom is 0.355 e. The van der Waals surface area contributed by atoms with Gasteiger partial charge in [-0.2, -0.15) is 0 Å². The Morgan fingerprint density at radius 1 is 0.875 bits per heavy atom. The maximum atomic E-state index is 13.1. The van der Waals surface area contributed by atoms with Crippen LogP contribution in [0.5, 0.6) is 0 Å². The van der Waals surface area contributed by atoms with Crippen LogP contribution in [0.3, 0.4) is 0 Å². The van der Waals surface area contributed by atoms with Crippen molar-refractivity contribution in [3.05, 3.63) is 108 Å². The van der Waals surface area contributed by atoms with Crippen molar-refractivity contribution in [2.75, 3.05) is 23.0 Å². The first-order valence-electron chi connectivity index (χ1n) is 10.5.